The van der Waals surface area contributed by atoms with Crippen molar-refractivity contribution in [2.75, 3.05) is 5.32 Å². The van der Waals surface area contributed by atoms with Crippen molar-refractivity contribution < 1.29 is 9.59 Å². The standard InChI is InChI=1S/C25H28N4O2S/c1-17-12-14-20(15-13-17)24-28-29-25(32-24)27-23(31)21(16-18-8-4-2-5-9-18)26-22(30)19-10-6-3-7-11-19/h2,4-5,8-9,12-15,19,21H,3,6-7,10-11,16H2,1H3,(H,26,30)(H,27,29,31). The molecule has 0 aliphatic heterocycles. The summed E-state index contributed by atoms with van der Waals surface area (Å²) < 4.78 is 0. The largest absolute Gasteiger partial charge is 0.344 e. The summed E-state index contributed by atoms with van der Waals surface area (Å²) in [4.78, 5) is 26.0. The first kappa shape index (κ1) is 22.1. The quantitative estimate of drug-likeness (QED) is 0.546. The molecule has 0 spiro atoms. The molecule has 2 N–H and O–H groups in total. The van der Waals surface area contributed by atoms with Crippen LogP contribution in [0.2, 0.25) is 0 Å². The van der Waals surface area contributed by atoms with Crippen molar-refractivity contribution >= 4 is 28.3 Å². The lowest BCUT2D eigenvalue weighted by molar-refractivity contribution is -0.130. The van der Waals surface area contributed by atoms with Gasteiger partial charge in [0.25, 0.3) is 0 Å². The Balaban J connectivity index is 1.46. The Bertz CT molecular complexity index is 1040. The van der Waals surface area contributed by atoms with Crippen molar-refractivity contribution in [3.05, 3.63) is 65.7 Å². The van der Waals surface area contributed by atoms with Crippen molar-refractivity contribution in [3.63, 3.8) is 0 Å². The number of hydrogen-bond donors (Lipinski definition) is 2. The normalized spacial score (nSPS) is 15.2. The van der Waals surface area contributed by atoms with Gasteiger partial charge in [0.05, 0.1) is 0 Å². The topological polar surface area (TPSA) is 84.0 Å². The van der Waals surface area contributed by atoms with Crippen LogP contribution in [-0.2, 0) is 16.0 Å². The van der Waals surface area contributed by atoms with E-state index in [0.717, 1.165) is 41.8 Å². The maximum absolute atomic E-state index is 13.1. The molecule has 0 bridgehead atoms. The first-order valence-electron chi connectivity index (χ1n) is 11.1. The summed E-state index contributed by atoms with van der Waals surface area (Å²) in [6.45, 7) is 2.03. The minimum absolute atomic E-state index is 0.00973. The molecule has 1 aliphatic rings. The van der Waals surface area contributed by atoms with Gasteiger partial charge in [-0.25, -0.2) is 0 Å². The number of aryl methyl sites for hydroxylation is 1. The lowest BCUT2D eigenvalue weighted by Crippen LogP contribution is -2.47. The Labute approximate surface area is 192 Å². The molecule has 2 amide bonds. The van der Waals surface area contributed by atoms with E-state index in [2.05, 4.69) is 20.8 Å². The average Bonchev–Trinajstić information content (AvgIpc) is 3.28. The fourth-order valence-corrected chi connectivity index (χ4v) is 4.74. The third-order valence-corrected chi connectivity index (χ3v) is 6.73. The highest BCUT2D eigenvalue weighted by Crippen LogP contribution is 2.27. The molecule has 0 radical (unpaired) electrons. The molecule has 166 valence electrons. The van der Waals surface area contributed by atoms with Gasteiger partial charge in [-0.3, -0.25) is 14.9 Å². The molecular formula is C25H28N4O2S. The zero-order chi connectivity index (χ0) is 22.3. The first-order valence-corrected chi connectivity index (χ1v) is 12.0. The Hall–Kier alpha value is -3.06. The molecule has 3 aromatic rings. The number of benzene rings is 2. The lowest BCUT2D eigenvalue weighted by Gasteiger charge is -2.24. The van der Waals surface area contributed by atoms with Gasteiger partial charge in [0, 0.05) is 17.9 Å². The molecule has 1 heterocycles. The third-order valence-electron chi connectivity index (χ3n) is 5.85. The van der Waals surface area contributed by atoms with Gasteiger partial charge in [-0.15, -0.1) is 10.2 Å². The SMILES string of the molecule is Cc1ccc(-c2nnc(NC(=O)C(Cc3ccccc3)NC(=O)C3CCCCC3)s2)cc1. The monoisotopic (exact) mass is 448 g/mol. The summed E-state index contributed by atoms with van der Waals surface area (Å²) in [7, 11) is 0. The van der Waals surface area contributed by atoms with E-state index in [1.807, 2.05) is 61.5 Å². The molecule has 1 aliphatic carbocycles. The van der Waals surface area contributed by atoms with Crippen LogP contribution in [0.1, 0.15) is 43.2 Å². The second kappa shape index (κ2) is 10.5. The maximum Gasteiger partial charge on any atom is 0.249 e. The van der Waals surface area contributed by atoms with Crippen LogP contribution < -0.4 is 10.6 Å². The molecule has 6 nitrogen and oxygen atoms in total. The molecule has 1 fully saturated rings. The number of nitrogens with zero attached hydrogens (tertiary/aromatic N) is 2. The Kier molecular flexibility index (Phi) is 7.27. The number of anilines is 1. The van der Waals surface area contributed by atoms with Gasteiger partial charge in [0.1, 0.15) is 11.0 Å². The highest BCUT2D eigenvalue weighted by atomic mass is 32.1. The smallest absolute Gasteiger partial charge is 0.249 e. The van der Waals surface area contributed by atoms with E-state index in [1.54, 1.807) is 0 Å². The maximum atomic E-state index is 13.1. The summed E-state index contributed by atoms with van der Waals surface area (Å²) in [6.07, 6.45) is 5.52. The van der Waals surface area contributed by atoms with E-state index < -0.39 is 6.04 Å². The first-order chi connectivity index (χ1) is 15.6. The number of carbonyl (C=O) groups is 2. The number of carbonyl (C=O) groups excluding carboxylic acids is 2. The second-order valence-electron chi connectivity index (χ2n) is 8.35. The number of rotatable bonds is 7. The highest BCUT2D eigenvalue weighted by Gasteiger charge is 2.27. The summed E-state index contributed by atoms with van der Waals surface area (Å²) in [6, 6.07) is 17.1. The van der Waals surface area contributed by atoms with E-state index >= 15 is 0 Å². The number of hydrogen-bond acceptors (Lipinski definition) is 5. The third kappa shape index (κ3) is 5.79. The number of nitrogens with one attached hydrogen (secondary N) is 2. The van der Waals surface area contributed by atoms with Crippen LogP contribution in [0.4, 0.5) is 5.13 Å². The Morgan fingerprint density at radius 1 is 1.00 bits per heavy atom. The van der Waals surface area contributed by atoms with Crippen LogP contribution in [0.15, 0.2) is 54.6 Å². The van der Waals surface area contributed by atoms with E-state index in [0.29, 0.717) is 11.6 Å². The molecule has 0 saturated heterocycles. The molecule has 7 heteroatoms. The summed E-state index contributed by atoms with van der Waals surface area (Å²) >= 11 is 1.32. The average molecular weight is 449 g/mol. The number of amides is 2. The van der Waals surface area contributed by atoms with Gasteiger partial charge in [-0.1, -0.05) is 90.8 Å². The summed E-state index contributed by atoms with van der Waals surface area (Å²) in [5.41, 5.74) is 3.12. The van der Waals surface area contributed by atoms with Gasteiger partial charge < -0.3 is 5.32 Å². The highest BCUT2D eigenvalue weighted by molar-refractivity contribution is 7.18. The van der Waals surface area contributed by atoms with Crippen molar-refractivity contribution in [3.8, 4) is 10.6 Å². The minimum Gasteiger partial charge on any atom is -0.344 e. The van der Waals surface area contributed by atoms with Crippen molar-refractivity contribution in [2.45, 2.75) is 51.5 Å². The molecular weight excluding hydrogens is 420 g/mol. The minimum atomic E-state index is -0.668. The molecule has 32 heavy (non-hydrogen) atoms. The molecule has 4 rings (SSSR count). The Morgan fingerprint density at radius 3 is 2.44 bits per heavy atom. The fourth-order valence-electron chi connectivity index (χ4n) is 3.99. The van der Waals surface area contributed by atoms with Crippen LogP contribution in [0, 0.1) is 12.8 Å². The molecule has 2 aromatic carbocycles. The summed E-state index contributed by atoms with van der Waals surface area (Å²) in [5, 5.41) is 15.4. The van der Waals surface area contributed by atoms with E-state index in [9.17, 15) is 9.59 Å². The van der Waals surface area contributed by atoms with Crippen LogP contribution in [-0.4, -0.2) is 28.1 Å². The van der Waals surface area contributed by atoms with Crippen molar-refractivity contribution in [1.82, 2.24) is 15.5 Å². The number of aromatic nitrogens is 2. The van der Waals surface area contributed by atoms with E-state index in [1.165, 1.54) is 23.3 Å². The zero-order valence-corrected chi connectivity index (χ0v) is 19.0. The molecule has 1 atom stereocenters. The molecule has 1 aromatic heterocycles. The van der Waals surface area contributed by atoms with Crippen molar-refractivity contribution in [2.24, 2.45) is 5.92 Å². The van der Waals surface area contributed by atoms with Crippen LogP contribution in [0.25, 0.3) is 10.6 Å². The van der Waals surface area contributed by atoms with Crippen molar-refractivity contribution in [1.29, 1.82) is 0 Å². The van der Waals surface area contributed by atoms with Gasteiger partial charge in [-0.2, -0.15) is 0 Å². The zero-order valence-electron chi connectivity index (χ0n) is 18.2. The predicted molar refractivity (Wildman–Crippen MR) is 127 cm³/mol. The molecule has 1 saturated carbocycles. The fraction of sp³-hybridized carbons (Fsp3) is 0.360. The van der Waals surface area contributed by atoms with Gasteiger partial charge >= 0.3 is 0 Å². The van der Waals surface area contributed by atoms with Gasteiger partial charge in [0.2, 0.25) is 16.9 Å². The predicted octanol–water partition coefficient (Wildman–Crippen LogP) is 4.76. The van der Waals surface area contributed by atoms with Crippen LogP contribution >= 0.6 is 11.3 Å². The van der Waals surface area contributed by atoms with E-state index in [4.69, 9.17) is 0 Å². The Morgan fingerprint density at radius 2 is 1.72 bits per heavy atom. The van der Waals surface area contributed by atoms with Crippen LogP contribution in [0.3, 0.4) is 0 Å². The van der Waals surface area contributed by atoms with E-state index in [-0.39, 0.29) is 17.7 Å². The van der Waals surface area contributed by atoms with Gasteiger partial charge in [0.15, 0.2) is 0 Å². The lowest BCUT2D eigenvalue weighted by atomic mass is 9.88. The second-order valence-corrected chi connectivity index (χ2v) is 9.33. The molecule has 1 unspecified atom stereocenters. The van der Waals surface area contributed by atoms with Crippen LogP contribution in [0.5, 0.6) is 0 Å². The summed E-state index contributed by atoms with van der Waals surface area (Å²) in [5.74, 6) is -0.312. The van der Waals surface area contributed by atoms with Gasteiger partial charge in [-0.05, 0) is 25.3 Å².